The fraction of sp³-hybridized carbons (Fsp3) is 0.321. The Kier molecular flexibility index (Phi) is 7.53. The summed E-state index contributed by atoms with van der Waals surface area (Å²) in [6.07, 6.45) is 1.41. The molecule has 1 saturated heterocycles. The number of carbonyl (C=O) groups excluding carboxylic acids is 1. The number of aromatic amines is 1. The number of fused-ring (bicyclic) bond motifs is 1. The maximum atomic E-state index is 15.0. The van der Waals surface area contributed by atoms with Crippen molar-refractivity contribution in [3.63, 3.8) is 0 Å². The van der Waals surface area contributed by atoms with E-state index in [1.807, 2.05) is 25.8 Å². The summed E-state index contributed by atoms with van der Waals surface area (Å²) in [5, 5.41) is 13.2. The molecule has 4 aromatic rings. The van der Waals surface area contributed by atoms with E-state index in [4.69, 9.17) is 0 Å². The van der Waals surface area contributed by atoms with Gasteiger partial charge in [0.2, 0.25) is 0 Å². The van der Waals surface area contributed by atoms with Crippen LogP contribution in [0.1, 0.15) is 29.8 Å². The Morgan fingerprint density at radius 2 is 1.74 bits per heavy atom. The van der Waals surface area contributed by atoms with Crippen LogP contribution < -0.4 is 15.5 Å². The number of carbonyl (C=O) groups is 1. The average Bonchev–Trinajstić information content (AvgIpc) is 3.30. The molecule has 39 heavy (non-hydrogen) atoms. The molecule has 8 nitrogen and oxygen atoms in total. The molecule has 1 aliphatic heterocycles. The highest BCUT2D eigenvalue weighted by Crippen LogP contribution is 2.30. The zero-order valence-electron chi connectivity index (χ0n) is 22.0. The van der Waals surface area contributed by atoms with E-state index in [0.717, 1.165) is 13.1 Å². The second-order valence-corrected chi connectivity index (χ2v) is 10.1. The van der Waals surface area contributed by atoms with Gasteiger partial charge in [-0.25, -0.2) is 13.2 Å². The molecule has 5 rings (SSSR count). The van der Waals surface area contributed by atoms with E-state index >= 15 is 0 Å². The van der Waals surface area contributed by atoms with Crippen LogP contribution in [0.15, 0.2) is 42.6 Å². The van der Waals surface area contributed by atoms with Gasteiger partial charge in [-0.1, -0.05) is 13.8 Å². The molecule has 0 aliphatic carbocycles. The van der Waals surface area contributed by atoms with Crippen molar-refractivity contribution >= 4 is 28.3 Å². The number of H-pyrrole nitrogens is 1. The molecule has 2 aromatic carbocycles. The van der Waals surface area contributed by atoms with Crippen molar-refractivity contribution in [1.82, 2.24) is 25.4 Å². The molecule has 0 radical (unpaired) electrons. The van der Waals surface area contributed by atoms with Gasteiger partial charge < -0.3 is 20.4 Å². The zero-order valence-corrected chi connectivity index (χ0v) is 22.0. The third-order valence-electron chi connectivity index (χ3n) is 6.80. The number of hydrogen-bond acceptors (Lipinski definition) is 6. The van der Waals surface area contributed by atoms with Crippen molar-refractivity contribution in [2.45, 2.75) is 26.4 Å². The second kappa shape index (κ2) is 11.0. The molecular weight excluding hydrogens is 507 g/mol. The molecule has 0 bridgehead atoms. The van der Waals surface area contributed by atoms with E-state index in [-0.39, 0.29) is 28.7 Å². The summed E-state index contributed by atoms with van der Waals surface area (Å²) in [5.41, 5.74) is 1.39. The summed E-state index contributed by atoms with van der Waals surface area (Å²) in [4.78, 5) is 21.4. The number of aromatic nitrogens is 3. The number of amides is 1. The zero-order chi connectivity index (χ0) is 27.7. The smallest absolute Gasteiger partial charge is 0.256 e. The predicted octanol–water partition coefficient (Wildman–Crippen LogP) is 4.54. The number of benzene rings is 2. The minimum absolute atomic E-state index is 0.0666. The Labute approximate surface area is 224 Å². The molecule has 3 heterocycles. The Balaban J connectivity index is 1.40. The van der Waals surface area contributed by atoms with E-state index in [0.29, 0.717) is 41.8 Å². The summed E-state index contributed by atoms with van der Waals surface area (Å²) in [6.45, 7) is 7.12. The number of piperazine rings is 1. The largest absolute Gasteiger partial charge is 0.367 e. The van der Waals surface area contributed by atoms with Crippen molar-refractivity contribution in [3.8, 4) is 11.3 Å². The summed E-state index contributed by atoms with van der Waals surface area (Å²) < 4.78 is 44.6. The Hall–Kier alpha value is -3.96. The topological polar surface area (TPSA) is 89.2 Å². The molecule has 0 atom stereocenters. The van der Waals surface area contributed by atoms with E-state index in [1.165, 1.54) is 42.6 Å². The van der Waals surface area contributed by atoms with Gasteiger partial charge in [-0.15, -0.1) is 0 Å². The highest BCUT2D eigenvalue weighted by atomic mass is 19.1. The van der Waals surface area contributed by atoms with Gasteiger partial charge in [0, 0.05) is 49.7 Å². The van der Waals surface area contributed by atoms with Crippen LogP contribution >= 0.6 is 0 Å². The molecule has 11 heteroatoms. The lowest BCUT2D eigenvalue weighted by Crippen LogP contribution is -2.44. The Morgan fingerprint density at radius 3 is 2.44 bits per heavy atom. The van der Waals surface area contributed by atoms with Gasteiger partial charge in [-0.05, 0) is 49.0 Å². The minimum Gasteiger partial charge on any atom is -0.367 e. The van der Waals surface area contributed by atoms with E-state index in [2.05, 4.69) is 30.7 Å². The van der Waals surface area contributed by atoms with Crippen LogP contribution in [0.4, 0.5) is 24.7 Å². The molecule has 0 unspecified atom stereocenters. The van der Waals surface area contributed by atoms with Crippen LogP contribution in [-0.2, 0) is 6.54 Å². The minimum atomic E-state index is -0.737. The highest BCUT2D eigenvalue weighted by Gasteiger charge is 2.21. The lowest BCUT2D eigenvalue weighted by atomic mass is 10.1. The van der Waals surface area contributed by atoms with Gasteiger partial charge in [-0.3, -0.25) is 14.9 Å². The normalized spacial score (nSPS) is 14.4. The van der Waals surface area contributed by atoms with Gasteiger partial charge in [0.25, 0.3) is 5.91 Å². The number of anilines is 2. The van der Waals surface area contributed by atoms with Crippen molar-refractivity contribution in [2.24, 2.45) is 0 Å². The quantitative estimate of drug-likeness (QED) is 0.321. The van der Waals surface area contributed by atoms with Crippen LogP contribution in [0.25, 0.3) is 22.2 Å². The summed E-state index contributed by atoms with van der Waals surface area (Å²) >= 11 is 0. The third-order valence-corrected chi connectivity index (χ3v) is 6.80. The predicted molar refractivity (Wildman–Crippen MR) is 145 cm³/mol. The standard InChI is InChI=1S/C28H30F3N7O/c1-16(2)32-14-17-10-21(30)26(22(31)11-17)23-13-19-24(15-33-23)35-36-27(19)34-28(39)18-4-5-20(29)25(12-18)38-8-6-37(3)7-9-38/h4-5,10-13,15-16,32H,6-9,14H2,1-3H3,(H2,34,35,36,39). The maximum Gasteiger partial charge on any atom is 0.256 e. The van der Waals surface area contributed by atoms with E-state index in [1.54, 1.807) is 0 Å². The SMILES string of the molecule is CC(C)NCc1cc(F)c(-c2cc3c(NC(=O)c4ccc(F)c(N5CCN(C)CC5)c4)n[nH]c3cn2)c(F)c1. The van der Waals surface area contributed by atoms with Crippen molar-refractivity contribution in [1.29, 1.82) is 0 Å². The highest BCUT2D eigenvalue weighted by molar-refractivity contribution is 6.08. The lowest BCUT2D eigenvalue weighted by Gasteiger charge is -2.34. The average molecular weight is 538 g/mol. The number of halogens is 3. The summed E-state index contributed by atoms with van der Waals surface area (Å²) in [7, 11) is 2.01. The number of nitrogens with one attached hydrogen (secondary N) is 3. The summed E-state index contributed by atoms with van der Waals surface area (Å²) in [6, 6.07) is 8.42. The van der Waals surface area contributed by atoms with E-state index < -0.39 is 23.4 Å². The molecule has 1 fully saturated rings. The van der Waals surface area contributed by atoms with Gasteiger partial charge in [0.1, 0.15) is 17.5 Å². The van der Waals surface area contributed by atoms with Crippen LogP contribution in [0, 0.1) is 17.5 Å². The Morgan fingerprint density at radius 1 is 1.03 bits per heavy atom. The first-order valence-corrected chi connectivity index (χ1v) is 12.8. The molecule has 204 valence electrons. The molecular formula is C28H30F3N7O. The molecule has 0 saturated carbocycles. The molecule has 1 aliphatic rings. The number of rotatable bonds is 7. The van der Waals surface area contributed by atoms with Gasteiger partial charge >= 0.3 is 0 Å². The van der Waals surface area contributed by atoms with Gasteiger partial charge in [0.15, 0.2) is 5.82 Å². The van der Waals surface area contributed by atoms with Gasteiger partial charge in [0.05, 0.1) is 28.7 Å². The first-order valence-electron chi connectivity index (χ1n) is 12.8. The van der Waals surface area contributed by atoms with Crippen LogP contribution in [0.3, 0.4) is 0 Å². The maximum absolute atomic E-state index is 15.0. The van der Waals surface area contributed by atoms with Crippen LogP contribution in [0.5, 0.6) is 0 Å². The summed E-state index contributed by atoms with van der Waals surface area (Å²) in [5.74, 6) is -2.19. The number of likely N-dealkylation sites (N-methyl/N-ethyl adjacent to an activating group) is 1. The van der Waals surface area contributed by atoms with Crippen LogP contribution in [-0.4, -0.2) is 65.3 Å². The second-order valence-electron chi connectivity index (χ2n) is 10.1. The fourth-order valence-electron chi connectivity index (χ4n) is 4.57. The number of nitrogens with zero attached hydrogens (tertiary/aromatic N) is 4. The van der Waals surface area contributed by atoms with E-state index in [9.17, 15) is 18.0 Å². The molecule has 2 aromatic heterocycles. The molecule has 3 N–H and O–H groups in total. The molecule has 0 spiro atoms. The Bertz CT molecular complexity index is 1490. The van der Waals surface area contributed by atoms with Crippen molar-refractivity contribution < 1.29 is 18.0 Å². The van der Waals surface area contributed by atoms with Gasteiger partial charge in [-0.2, -0.15) is 5.10 Å². The first-order chi connectivity index (χ1) is 18.7. The monoisotopic (exact) mass is 537 g/mol. The van der Waals surface area contributed by atoms with Crippen LogP contribution in [0.2, 0.25) is 0 Å². The number of hydrogen-bond donors (Lipinski definition) is 3. The fourth-order valence-corrected chi connectivity index (χ4v) is 4.57. The number of pyridine rings is 1. The lowest BCUT2D eigenvalue weighted by molar-refractivity contribution is 0.102. The first kappa shape index (κ1) is 26.6. The van der Waals surface area contributed by atoms with Crippen molar-refractivity contribution in [3.05, 3.63) is 71.2 Å². The third kappa shape index (κ3) is 5.74. The molecule has 1 amide bonds. The van der Waals surface area contributed by atoms with Crippen molar-refractivity contribution in [2.75, 3.05) is 43.4 Å².